The van der Waals surface area contributed by atoms with Gasteiger partial charge in [-0.25, -0.2) is 0 Å². The van der Waals surface area contributed by atoms with Gasteiger partial charge in [0.25, 0.3) is 0 Å². The van der Waals surface area contributed by atoms with Crippen LogP contribution in [-0.2, 0) is 38.9 Å². The number of hydrogen-bond donors (Lipinski definition) is 0. The molecular weight excluding hydrogens is 444 g/mol. The number of nitrogens with zero attached hydrogens (tertiary/aromatic N) is 6. The summed E-state index contributed by atoms with van der Waals surface area (Å²) in [6.45, 7) is 22.0. The van der Waals surface area contributed by atoms with Gasteiger partial charge in [-0.1, -0.05) is 20.8 Å². The summed E-state index contributed by atoms with van der Waals surface area (Å²) >= 11 is 0. The Labute approximate surface area is 216 Å². The first-order chi connectivity index (χ1) is 17.2. The van der Waals surface area contributed by atoms with Crippen molar-refractivity contribution >= 4 is 0 Å². The standard InChI is InChI=1S/C30H42N6/c1-10-25-28(16-34-22(7)13-19(4)31-34)26(11-2)30(18-36-24(9)15-21(6)33-36)27(12-3)29(25)17-35-23(8)14-20(5)32-35/h13-15H,10-12,16-18H2,1-9H3. The lowest BCUT2D eigenvalue weighted by molar-refractivity contribution is 0.616. The van der Waals surface area contributed by atoms with Gasteiger partial charge in [0.15, 0.2) is 0 Å². The molecule has 0 N–H and O–H groups in total. The van der Waals surface area contributed by atoms with Gasteiger partial charge in [0.2, 0.25) is 0 Å². The summed E-state index contributed by atoms with van der Waals surface area (Å²) in [4.78, 5) is 0. The minimum atomic E-state index is 0.796. The summed E-state index contributed by atoms with van der Waals surface area (Å²) in [6.07, 6.45) is 2.97. The van der Waals surface area contributed by atoms with Crippen LogP contribution in [0.25, 0.3) is 0 Å². The first-order valence-corrected chi connectivity index (χ1v) is 13.4. The second-order valence-electron chi connectivity index (χ2n) is 10.2. The van der Waals surface area contributed by atoms with Crippen LogP contribution in [0.3, 0.4) is 0 Å². The van der Waals surface area contributed by atoms with E-state index in [0.29, 0.717) is 0 Å². The smallest absolute Gasteiger partial charge is 0.0668 e. The average molecular weight is 487 g/mol. The molecule has 0 fully saturated rings. The maximum atomic E-state index is 4.84. The van der Waals surface area contributed by atoms with Gasteiger partial charge in [-0.3, -0.25) is 14.0 Å². The highest BCUT2D eigenvalue weighted by atomic mass is 15.3. The zero-order chi connectivity index (χ0) is 26.1. The van der Waals surface area contributed by atoms with E-state index in [1.54, 1.807) is 0 Å². The normalized spacial score (nSPS) is 11.6. The van der Waals surface area contributed by atoms with Crippen LogP contribution in [0.1, 0.15) is 88.3 Å². The van der Waals surface area contributed by atoms with E-state index in [4.69, 9.17) is 15.3 Å². The summed E-state index contributed by atoms with van der Waals surface area (Å²) in [7, 11) is 0. The minimum absolute atomic E-state index is 0.796. The van der Waals surface area contributed by atoms with Crippen LogP contribution in [0.5, 0.6) is 0 Å². The van der Waals surface area contributed by atoms with Crippen LogP contribution in [0.15, 0.2) is 18.2 Å². The van der Waals surface area contributed by atoms with E-state index in [2.05, 4.69) is 94.6 Å². The highest BCUT2D eigenvalue weighted by Crippen LogP contribution is 2.33. The Hall–Kier alpha value is -3.15. The summed E-state index contributed by atoms with van der Waals surface area (Å²) < 4.78 is 6.53. The maximum absolute atomic E-state index is 4.84. The van der Waals surface area contributed by atoms with Gasteiger partial charge in [-0.05, 0) is 112 Å². The van der Waals surface area contributed by atoms with Crippen molar-refractivity contribution in [3.05, 3.63) is 85.7 Å². The third-order valence-corrected chi connectivity index (χ3v) is 7.48. The van der Waals surface area contributed by atoms with Crippen LogP contribution < -0.4 is 0 Å². The third-order valence-electron chi connectivity index (χ3n) is 7.48. The Morgan fingerprint density at radius 2 is 0.694 bits per heavy atom. The number of benzene rings is 1. The summed E-state index contributed by atoms with van der Waals surface area (Å²) in [5, 5.41) is 14.5. The molecule has 3 aromatic heterocycles. The van der Waals surface area contributed by atoms with Crippen molar-refractivity contribution < 1.29 is 0 Å². The highest BCUT2D eigenvalue weighted by molar-refractivity contribution is 5.53. The second kappa shape index (κ2) is 10.5. The topological polar surface area (TPSA) is 53.5 Å². The molecule has 0 saturated heterocycles. The summed E-state index contributed by atoms with van der Waals surface area (Å²) in [5.41, 5.74) is 15.5. The lowest BCUT2D eigenvalue weighted by Crippen LogP contribution is -2.20. The van der Waals surface area contributed by atoms with Crippen molar-refractivity contribution in [2.24, 2.45) is 0 Å². The van der Waals surface area contributed by atoms with Crippen molar-refractivity contribution in [3.63, 3.8) is 0 Å². The van der Waals surface area contributed by atoms with E-state index >= 15 is 0 Å². The Balaban J connectivity index is 1.99. The molecule has 4 aromatic rings. The minimum Gasteiger partial charge on any atom is -0.265 e. The van der Waals surface area contributed by atoms with Crippen LogP contribution in [-0.4, -0.2) is 29.3 Å². The Morgan fingerprint density at radius 1 is 0.444 bits per heavy atom. The average Bonchev–Trinajstić information content (AvgIpc) is 3.43. The molecule has 0 unspecified atom stereocenters. The van der Waals surface area contributed by atoms with Crippen molar-refractivity contribution in [3.8, 4) is 0 Å². The molecule has 6 nitrogen and oxygen atoms in total. The Morgan fingerprint density at radius 3 is 0.861 bits per heavy atom. The summed E-state index contributed by atoms with van der Waals surface area (Å²) in [6, 6.07) is 6.52. The van der Waals surface area contributed by atoms with Crippen LogP contribution in [0.4, 0.5) is 0 Å². The van der Waals surface area contributed by atoms with Crippen molar-refractivity contribution in [1.29, 1.82) is 0 Å². The predicted molar refractivity (Wildman–Crippen MR) is 147 cm³/mol. The first kappa shape index (κ1) is 25.9. The lowest BCUT2D eigenvalue weighted by Gasteiger charge is -2.27. The quantitative estimate of drug-likeness (QED) is 0.293. The molecule has 3 heterocycles. The van der Waals surface area contributed by atoms with Crippen molar-refractivity contribution in [1.82, 2.24) is 29.3 Å². The van der Waals surface area contributed by atoms with E-state index < -0.39 is 0 Å². The van der Waals surface area contributed by atoms with Crippen molar-refractivity contribution in [2.45, 2.75) is 101 Å². The van der Waals surface area contributed by atoms with Gasteiger partial charge in [0, 0.05) is 17.1 Å². The molecule has 0 amide bonds. The van der Waals surface area contributed by atoms with Gasteiger partial charge in [-0.2, -0.15) is 15.3 Å². The Bertz CT molecular complexity index is 1190. The van der Waals surface area contributed by atoms with Gasteiger partial charge >= 0.3 is 0 Å². The molecule has 0 aliphatic carbocycles. The van der Waals surface area contributed by atoms with Crippen LogP contribution in [0.2, 0.25) is 0 Å². The lowest BCUT2D eigenvalue weighted by atomic mass is 9.83. The molecule has 4 rings (SSSR count). The molecule has 6 heteroatoms. The molecule has 0 spiro atoms. The van der Waals surface area contributed by atoms with E-state index in [1.807, 2.05) is 0 Å². The van der Waals surface area contributed by atoms with Crippen LogP contribution >= 0.6 is 0 Å². The van der Waals surface area contributed by atoms with E-state index in [9.17, 15) is 0 Å². The second-order valence-corrected chi connectivity index (χ2v) is 10.2. The SMILES string of the molecule is CCc1c(Cn2nc(C)cc2C)c(CC)c(Cn2nc(C)cc2C)c(CC)c1Cn1nc(C)cc1C. The van der Waals surface area contributed by atoms with E-state index in [0.717, 1.165) is 56.0 Å². The van der Waals surface area contributed by atoms with Gasteiger partial charge in [0.1, 0.15) is 0 Å². The fraction of sp³-hybridized carbons (Fsp3) is 0.500. The third kappa shape index (κ3) is 4.91. The number of aryl methyl sites for hydroxylation is 6. The number of rotatable bonds is 9. The molecule has 0 bridgehead atoms. The molecule has 36 heavy (non-hydrogen) atoms. The molecule has 0 aliphatic rings. The fourth-order valence-corrected chi connectivity index (χ4v) is 5.90. The molecule has 0 atom stereocenters. The summed E-state index contributed by atoms with van der Waals surface area (Å²) in [5.74, 6) is 0. The molecule has 1 aromatic carbocycles. The first-order valence-electron chi connectivity index (χ1n) is 13.4. The number of aromatic nitrogens is 6. The van der Waals surface area contributed by atoms with Crippen LogP contribution in [0, 0.1) is 41.5 Å². The Kier molecular flexibility index (Phi) is 7.53. The fourth-order valence-electron chi connectivity index (χ4n) is 5.90. The van der Waals surface area contributed by atoms with Gasteiger partial charge in [0.05, 0.1) is 36.7 Å². The molecule has 0 saturated carbocycles. The molecule has 192 valence electrons. The predicted octanol–water partition coefficient (Wildman–Crippen LogP) is 5.96. The zero-order valence-corrected chi connectivity index (χ0v) is 23.7. The van der Waals surface area contributed by atoms with E-state index in [1.165, 1.54) is 50.5 Å². The molecular formula is C30H42N6. The molecule has 0 aliphatic heterocycles. The highest BCUT2D eigenvalue weighted by Gasteiger charge is 2.24. The zero-order valence-electron chi connectivity index (χ0n) is 23.7. The van der Waals surface area contributed by atoms with E-state index in [-0.39, 0.29) is 0 Å². The van der Waals surface area contributed by atoms with Gasteiger partial charge in [-0.15, -0.1) is 0 Å². The van der Waals surface area contributed by atoms with Gasteiger partial charge < -0.3 is 0 Å². The number of hydrogen-bond acceptors (Lipinski definition) is 3. The monoisotopic (exact) mass is 486 g/mol. The molecule has 0 radical (unpaired) electrons. The van der Waals surface area contributed by atoms with Crippen molar-refractivity contribution in [2.75, 3.05) is 0 Å². The largest absolute Gasteiger partial charge is 0.265 e. The maximum Gasteiger partial charge on any atom is 0.0668 e.